The fourth-order valence-corrected chi connectivity index (χ4v) is 9.43. The van der Waals surface area contributed by atoms with Gasteiger partial charge < -0.3 is 14.3 Å². The highest BCUT2D eigenvalue weighted by Crippen LogP contribution is 2.44. The van der Waals surface area contributed by atoms with Crippen LogP contribution < -0.4 is 5.32 Å². The van der Waals surface area contributed by atoms with Crippen LogP contribution in [-0.2, 0) is 0 Å². The van der Waals surface area contributed by atoms with Gasteiger partial charge in [0.1, 0.15) is 17.0 Å². The van der Waals surface area contributed by atoms with Crippen LogP contribution in [0.3, 0.4) is 0 Å². The van der Waals surface area contributed by atoms with Gasteiger partial charge in [-0.05, 0) is 81.4 Å². The predicted octanol–water partition coefficient (Wildman–Crippen LogP) is 14.7. The standard InChI is InChI=1S/C56H44N4O/c1-3-4-15-35(2)30-31-58-56(44-25-13-20-36-16-7-9-21-40(36)44)59-55(57)45-26-14-27-51-53(45)47-34-50(42-23-11-12-24-43(42)54(47)61-51)60-48-29-28-37-17-8-10-22-41(37)52(48)46-32-38-18-5-6-19-39(38)33-49(46)60/h4-29,32-35H,3,30-31H2,1-2H3,(H2,57,58,59)/b15-4-. The molecule has 0 fully saturated rings. The molecule has 0 radical (unpaired) electrons. The monoisotopic (exact) mass is 788 g/mol. The number of allylic oxidation sites excluding steroid dienone is 2. The van der Waals surface area contributed by atoms with Crippen molar-refractivity contribution >= 4 is 98.5 Å². The van der Waals surface area contributed by atoms with Gasteiger partial charge in [-0.2, -0.15) is 0 Å². The number of nitrogens with zero attached hydrogens (tertiary/aromatic N) is 2. The number of hydrogen-bond acceptors (Lipinski definition) is 2. The number of aliphatic imine (C=N–C) groups is 1. The second-order valence-corrected chi connectivity index (χ2v) is 16.2. The number of rotatable bonds is 8. The Labute approximate surface area is 353 Å². The number of nitrogens with one attached hydrogen (secondary N) is 2. The maximum Gasteiger partial charge on any atom is 0.154 e. The first-order valence-corrected chi connectivity index (χ1v) is 21.3. The van der Waals surface area contributed by atoms with Crippen molar-refractivity contribution in [3.8, 4) is 5.69 Å². The van der Waals surface area contributed by atoms with Gasteiger partial charge in [0.25, 0.3) is 0 Å². The quantitative estimate of drug-likeness (QED) is 0.0915. The van der Waals surface area contributed by atoms with Crippen molar-refractivity contribution in [2.24, 2.45) is 10.9 Å². The van der Waals surface area contributed by atoms with Crippen LogP contribution in [0.1, 0.15) is 37.8 Å². The summed E-state index contributed by atoms with van der Waals surface area (Å²) < 4.78 is 9.25. The highest BCUT2D eigenvalue weighted by molar-refractivity contribution is 6.27. The van der Waals surface area contributed by atoms with Gasteiger partial charge in [0.05, 0.1) is 16.7 Å². The second-order valence-electron chi connectivity index (χ2n) is 16.2. The lowest BCUT2D eigenvalue weighted by Crippen LogP contribution is -2.28. The van der Waals surface area contributed by atoms with E-state index in [1.807, 2.05) is 18.2 Å². The Hall–Kier alpha value is -7.50. The predicted molar refractivity (Wildman–Crippen MR) is 259 cm³/mol. The van der Waals surface area contributed by atoms with E-state index in [1.165, 1.54) is 32.3 Å². The van der Waals surface area contributed by atoms with Gasteiger partial charge in [0.2, 0.25) is 0 Å². The number of hydrogen-bond donors (Lipinski definition) is 2. The Balaban J connectivity index is 1.14. The van der Waals surface area contributed by atoms with Gasteiger partial charge >= 0.3 is 0 Å². The van der Waals surface area contributed by atoms with Gasteiger partial charge in [-0.1, -0.05) is 159 Å². The van der Waals surface area contributed by atoms with E-state index >= 15 is 0 Å². The average molecular weight is 789 g/mol. The van der Waals surface area contributed by atoms with E-state index in [4.69, 9.17) is 9.41 Å². The molecule has 0 saturated carbocycles. The summed E-state index contributed by atoms with van der Waals surface area (Å²) in [5, 5.41) is 26.9. The van der Waals surface area contributed by atoms with Crippen LogP contribution in [0.5, 0.6) is 0 Å². The van der Waals surface area contributed by atoms with Crippen molar-refractivity contribution in [3.63, 3.8) is 0 Å². The number of furan rings is 1. The molecule has 1 atom stereocenters. The first-order valence-electron chi connectivity index (χ1n) is 21.3. The lowest BCUT2D eigenvalue weighted by Gasteiger charge is -2.15. The summed E-state index contributed by atoms with van der Waals surface area (Å²) in [5.41, 5.74) is 6.57. The molecule has 5 heteroatoms. The Morgan fingerprint density at radius 3 is 2.08 bits per heavy atom. The highest BCUT2D eigenvalue weighted by Gasteiger charge is 2.22. The van der Waals surface area contributed by atoms with Gasteiger partial charge in [-0.25, -0.2) is 4.99 Å². The minimum Gasteiger partial charge on any atom is -0.455 e. The Morgan fingerprint density at radius 1 is 0.623 bits per heavy atom. The molecule has 0 bridgehead atoms. The number of amidine groups is 2. The summed E-state index contributed by atoms with van der Waals surface area (Å²) in [5.74, 6) is 1.28. The van der Waals surface area contributed by atoms with Crippen LogP contribution in [0.4, 0.5) is 0 Å². The molecule has 1 unspecified atom stereocenters. The molecule has 0 aliphatic carbocycles. The summed E-state index contributed by atoms with van der Waals surface area (Å²) in [6.07, 6.45) is 6.48. The maximum absolute atomic E-state index is 9.76. The van der Waals surface area contributed by atoms with Gasteiger partial charge in [-0.15, -0.1) is 0 Å². The molecule has 9 aromatic carbocycles. The van der Waals surface area contributed by atoms with Crippen molar-refractivity contribution in [1.29, 1.82) is 5.41 Å². The van der Waals surface area contributed by atoms with E-state index in [9.17, 15) is 5.41 Å². The molecule has 0 aliphatic rings. The van der Waals surface area contributed by atoms with Crippen molar-refractivity contribution < 1.29 is 4.42 Å². The Morgan fingerprint density at radius 2 is 1.28 bits per heavy atom. The zero-order chi connectivity index (χ0) is 41.0. The third kappa shape index (κ3) is 6.15. The molecule has 0 spiro atoms. The van der Waals surface area contributed by atoms with Crippen molar-refractivity contribution in [2.45, 2.75) is 26.7 Å². The maximum atomic E-state index is 9.76. The summed E-state index contributed by atoms with van der Waals surface area (Å²) in [7, 11) is 0. The summed E-state index contributed by atoms with van der Waals surface area (Å²) in [6, 6.07) is 58.0. The van der Waals surface area contributed by atoms with Crippen molar-refractivity contribution in [2.75, 3.05) is 6.54 Å². The smallest absolute Gasteiger partial charge is 0.154 e. The topological polar surface area (TPSA) is 66.3 Å². The lowest BCUT2D eigenvalue weighted by atomic mass is 10.0. The SMILES string of the molecule is CC/C=C\C(C)CCN/C(=N\C(=N)c1cccc2oc3c4ccccc4c(-n4c5cc6ccccc6cc5c5c6ccccc6ccc54)cc3c12)c1cccc2ccccc12. The van der Waals surface area contributed by atoms with E-state index in [2.05, 4.69) is 181 Å². The molecule has 0 aliphatic heterocycles. The van der Waals surface area contributed by atoms with E-state index in [-0.39, 0.29) is 5.84 Å². The first-order chi connectivity index (χ1) is 30.1. The average Bonchev–Trinajstić information content (AvgIpc) is 3.85. The van der Waals surface area contributed by atoms with Gasteiger partial charge in [0.15, 0.2) is 5.84 Å². The number of benzene rings is 9. The van der Waals surface area contributed by atoms with Crippen LogP contribution in [-0.4, -0.2) is 22.8 Å². The third-order valence-electron chi connectivity index (χ3n) is 12.4. The van der Waals surface area contributed by atoms with Crippen LogP contribution in [0.2, 0.25) is 0 Å². The zero-order valence-electron chi connectivity index (χ0n) is 34.2. The zero-order valence-corrected chi connectivity index (χ0v) is 34.2. The molecule has 2 aromatic heterocycles. The first kappa shape index (κ1) is 36.6. The summed E-state index contributed by atoms with van der Waals surface area (Å²) >= 11 is 0. The molecule has 5 nitrogen and oxygen atoms in total. The van der Waals surface area contributed by atoms with Gasteiger partial charge in [-0.3, -0.25) is 5.41 Å². The molecular weight excluding hydrogens is 745 g/mol. The van der Waals surface area contributed by atoms with Crippen LogP contribution in [0.25, 0.3) is 92.5 Å². The summed E-state index contributed by atoms with van der Waals surface area (Å²) in [6.45, 7) is 5.14. The summed E-state index contributed by atoms with van der Waals surface area (Å²) in [4.78, 5) is 5.16. The third-order valence-corrected chi connectivity index (χ3v) is 12.4. The number of aromatic nitrogens is 1. The number of fused-ring (bicyclic) bond motifs is 12. The Bertz CT molecular complexity index is 3600. The molecule has 11 aromatic rings. The van der Waals surface area contributed by atoms with E-state index < -0.39 is 0 Å². The van der Waals surface area contributed by atoms with Crippen LogP contribution in [0, 0.1) is 11.3 Å². The molecule has 11 rings (SSSR count). The molecule has 2 N–H and O–H groups in total. The lowest BCUT2D eigenvalue weighted by molar-refractivity contribution is 0.632. The fourth-order valence-electron chi connectivity index (χ4n) is 9.43. The van der Waals surface area contributed by atoms with Gasteiger partial charge in [0, 0.05) is 50.0 Å². The van der Waals surface area contributed by atoms with Crippen molar-refractivity contribution in [1.82, 2.24) is 9.88 Å². The molecule has 61 heavy (non-hydrogen) atoms. The normalized spacial score (nSPS) is 13.0. The molecule has 0 amide bonds. The highest BCUT2D eigenvalue weighted by atomic mass is 16.3. The van der Waals surface area contributed by atoms with E-state index in [0.29, 0.717) is 11.8 Å². The van der Waals surface area contributed by atoms with Crippen LogP contribution in [0.15, 0.2) is 185 Å². The molecule has 0 saturated heterocycles. The minimum atomic E-state index is 0.173. The van der Waals surface area contributed by atoms with Crippen LogP contribution >= 0.6 is 0 Å². The van der Waals surface area contributed by atoms with E-state index in [0.717, 1.165) is 90.7 Å². The van der Waals surface area contributed by atoms with Crippen molar-refractivity contribution in [3.05, 3.63) is 187 Å². The molecule has 2 heterocycles. The molecular formula is C56H44N4O. The fraction of sp³-hybridized carbons (Fsp3) is 0.107. The van der Waals surface area contributed by atoms with E-state index in [1.54, 1.807) is 0 Å². The Kier molecular flexibility index (Phi) is 8.96. The largest absolute Gasteiger partial charge is 0.455 e. The minimum absolute atomic E-state index is 0.173. The second kappa shape index (κ2) is 15.0. The molecule has 294 valence electrons.